The van der Waals surface area contributed by atoms with Crippen LogP contribution in [0.3, 0.4) is 0 Å². The van der Waals surface area contributed by atoms with E-state index in [4.69, 9.17) is 24.5 Å². The molecule has 1 saturated heterocycles. The number of nitrogens with one attached hydrogen (secondary N) is 2. The Balaban J connectivity index is 1.84. The third-order valence-electron chi connectivity index (χ3n) is 7.44. The smallest absolute Gasteiger partial charge is 0.349 e. The molecule has 41 heavy (non-hydrogen) atoms. The van der Waals surface area contributed by atoms with Gasteiger partial charge in [-0.15, -0.1) is 0 Å². The quantitative estimate of drug-likeness (QED) is 0.141. The van der Waals surface area contributed by atoms with Crippen molar-refractivity contribution in [1.82, 2.24) is 19.7 Å². The molecule has 1 aromatic heterocycles. The van der Waals surface area contributed by atoms with Crippen LogP contribution >= 0.6 is 7.67 Å². The minimum atomic E-state index is -4.25. The van der Waals surface area contributed by atoms with E-state index < -0.39 is 73.4 Å². The van der Waals surface area contributed by atoms with E-state index in [0.717, 1.165) is 4.57 Å². The average Bonchev–Trinajstić information content (AvgIpc) is 3.29. The van der Waals surface area contributed by atoms with Gasteiger partial charge in [0.15, 0.2) is 0 Å². The summed E-state index contributed by atoms with van der Waals surface area (Å²) in [6, 6.07) is -1.70. The molecule has 0 amide bonds. The summed E-state index contributed by atoms with van der Waals surface area (Å²) >= 11 is 0. The summed E-state index contributed by atoms with van der Waals surface area (Å²) in [7, 11) is -1.85. The number of nitrogens with zero attached hydrogens (tertiary/aromatic N) is 2. The summed E-state index contributed by atoms with van der Waals surface area (Å²) in [5, 5.41) is 27.8. The number of carbonyl (C=O) groups is 2. The first-order valence-electron chi connectivity index (χ1n) is 13.4. The molecule has 3 rings (SSSR count). The van der Waals surface area contributed by atoms with Crippen LogP contribution in [0.25, 0.3) is 0 Å². The second-order valence-corrected chi connectivity index (χ2v) is 13.4. The van der Waals surface area contributed by atoms with Gasteiger partial charge in [-0.3, -0.25) is 18.7 Å². The Morgan fingerprint density at radius 3 is 2.05 bits per heavy atom. The van der Waals surface area contributed by atoms with Crippen LogP contribution in [-0.4, -0.2) is 88.0 Å². The van der Waals surface area contributed by atoms with Gasteiger partial charge in [0.2, 0.25) is 0 Å². The SMILES string of the molecule is COC(=O)C(CC(C)C)NP(=O)(NC(CC(C)C)C(=O)OC)OC[C@H]1OC2(C)[C@@H](n3ccc(N)nc3=O)C2(O)C1O. The normalized spacial score (nSPS) is 30.0. The number of nitrogens with two attached hydrogens (primary N) is 1. The van der Waals surface area contributed by atoms with E-state index >= 15 is 0 Å². The molecule has 2 aliphatic rings. The van der Waals surface area contributed by atoms with Crippen LogP contribution in [0.5, 0.6) is 0 Å². The number of rotatable bonds is 14. The predicted molar refractivity (Wildman–Crippen MR) is 147 cm³/mol. The molecule has 0 aromatic carbocycles. The molecular formula is C25H42N5O10P. The Bertz CT molecular complexity index is 1190. The molecule has 7 atom stereocenters. The highest BCUT2D eigenvalue weighted by Crippen LogP contribution is 2.67. The number of hydrogen-bond acceptors (Lipinski definition) is 12. The van der Waals surface area contributed by atoms with E-state index in [1.807, 2.05) is 27.7 Å². The molecule has 1 aromatic rings. The lowest BCUT2D eigenvalue weighted by molar-refractivity contribution is -0.143. The van der Waals surface area contributed by atoms with Crippen molar-refractivity contribution >= 4 is 25.4 Å². The van der Waals surface area contributed by atoms with E-state index in [2.05, 4.69) is 15.2 Å². The Kier molecular flexibility index (Phi) is 10.1. The predicted octanol–water partition coefficient (Wildman–Crippen LogP) is 0.109. The number of carbonyl (C=O) groups excluding carboxylic acids is 2. The van der Waals surface area contributed by atoms with Crippen molar-refractivity contribution in [2.75, 3.05) is 26.6 Å². The Hall–Kier alpha value is -2.39. The highest BCUT2D eigenvalue weighted by atomic mass is 31.2. The van der Waals surface area contributed by atoms with Crippen molar-refractivity contribution in [3.05, 3.63) is 22.7 Å². The average molecular weight is 604 g/mol. The van der Waals surface area contributed by atoms with Crippen molar-refractivity contribution < 1.29 is 43.1 Å². The molecule has 1 aliphatic heterocycles. The molecule has 2 fully saturated rings. The third-order valence-corrected chi connectivity index (χ3v) is 9.25. The van der Waals surface area contributed by atoms with Crippen molar-refractivity contribution in [2.45, 2.75) is 89.0 Å². The second kappa shape index (κ2) is 12.5. The fourth-order valence-electron chi connectivity index (χ4n) is 5.41. The highest BCUT2D eigenvalue weighted by molar-refractivity contribution is 7.54. The van der Waals surface area contributed by atoms with Gasteiger partial charge in [0, 0.05) is 6.20 Å². The Labute approximate surface area is 238 Å². The molecule has 0 radical (unpaired) electrons. The Morgan fingerprint density at radius 1 is 1.15 bits per heavy atom. The molecule has 6 N–H and O–H groups in total. The minimum absolute atomic E-state index is 0.00292. The number of aliphatic hydroxyl groups is 2. The number of methoxy groups -OCH3 is 2. The summed E-state index contributed by atoms with van der Waals surface area (Å²) in [6.07, 6.45) is -0.916. The fraction of sp³-hybridized carbons (Fsp3) is 0.760. The summed E-state index contributed by atoms with van der Waals surface area (Å²) < 4.78 is 36.8. The molecule has 0 bridgehead atoms. The van der Waals surface area contributed by atoms with Crippen molar-refractivity contribution in [2.24, 2.45) is 11.8 Å². The van der Waals surface area contributed by atoms with Gasteiger partial charge in [-0.2, -0.15) is 4.98 Å². The van der Waals surface area contributed by atoms with Crippen molar-refractivity contribution in [3.63, 3.8) is 0 Å². The zero-order valence-corrected chi connectivity index (χ0v) is 25.3. The van der Waals surface area contributed by atoms with Crippen LogP contribution < -0.4 is 21.6 Å². The molecule has 0 spiro atoms. The van der Waals surface area contributed by atoms with Crippen molar-refractivity contribution in [3.8, 4) is 0 Å². The van der Waals surface area contributed by atoms with E-state index in [-0.39, 0.29) is 30.5 Å². The maximum atomic E-state index is 14.2. The summed E-state index contributed by atoms with van der Waals surface area (Å²) in [5.74, 6) is -1.38. The standard InChI is InChI=1S/C25H42N5O10P/c1-13(2)10-15(20(32)37-6)28-41(36,29-16(11-14(3)4)21(33)38-7)39-12-17-19(31)25(35)22(24(25,5)40-17)30-9-8-18(26)27-23(30)34/h8-9,13-17,19,22,31,35H,10-12H2,1-7H3,(H2,26,27,34)(H2,28,29,36)/t15?,16?,17-,19?,22-,24?,25?,41?/m1/s1. The Morgan fingerprint density at radius 2 is 1.66 bits per heavy atom. The van der Waals surface area contributed by atoms with Gasteiger partial charge in [0.05, 0.1) is 20.8 Å². The van der Waals surface area contributed by atoms with Gasteiger partial charge < -0.3 is 34.7 Å². The van der Waals surface area contributed by atoms with Gasteiger partial charge in [-0.1, -0.05) is 27.7 Å². The van der Waals surface area contributed by atoms with E-state index in [1.165, 1.54) is 33.4 Å². The highest BCUT2D eigenvalue weighted by Gasteiger charge is 2.85. The molecule has 5 unspecified atom stereocenters. The van der Waals surface area contributed by atoms with Crippen LogP contribution in [0.2, 0.25) is 0 Å². The van der Waals surface area contributed by atoms with Gasteiger partial charge in [0.1, 0.15) is 47.4 Å². The van der Waals surface area contributed by atoms with Crippen LogP contribution in [0.15, 0.2) is 17.1 Å². The molecule has 1 saturated carbocycles. The van der Waals surface area contributed by atoms with Gasteiger partial charge in [-0.25, -0.2) is 15.0 Å². The van der Waals surface area contributed by atoms with Crippen LogP contribution in [0, 0.1) is 11.8 Å². The molecule has 1 aliphatic carbocycles. The third kappa shape index (κ3) is 6.66. The number of esters is 2. The number of hydrogen-bond donors (Lipinski definition) is 5. The number of nitrogen functional groups attached to an aromatic ring is 1. The molecular weight excluding hydrogens is 561 g/mol. The first-order valence-corrected chi connectivity index (χ1v) is 15.0. The second-order valence-electron chi connectivity index (χ2n) is 11.5. The van der Waals surface area contributed by atoms with E-state index in [9.17, 15) is 29.2 Å². The number of anilines is 1. The van der Waals surface area contributed by atoms with Crippen LogP contribution in [0.1, 0.15) is 53.5 Å². The van der Waals surface area contributed by atoms with Gasteiger partial charge >= 0.3 is 25.3 Å². The maximum absolute atomic E-state index is 14.2. The monoisotopic (exact) mass is 603 g/mol. The fourth-order valence-corrected chi connectivity index (χ4v) is 7.23. The molecule has 232 valence electrons. The lowest BCUT2D eigenvalue weighted by Gasteiger charge is -2.31. The first kappa shape index (κ1) is 33.1. The topological polar surface area (TPSA) is 214 Å². The summed E-state index contributed by atoms with van der Waals surface area (Å²) in [4.78, 5) is 41.1. The summed E-state index contributed by atoms with van der Waals surface area (Å²) in [5.41, 5.74) is 1.55. The van der Waals surface area contributed by atoms with Crippen LogP contribution in [-0.2, 0) is 32.9 Å². The zero-order valence-electron chi connectivity index (χ0n) is 24.4. The minimum Gasteiger partial charge on any atom is -0.468 e. The van der Waals surface area contributed by atoms with Crippen LogP contribution in [0.4, 0.5) is 5.82 Å². The molecule has 2 heterocycles. The zero-order chi connectivity index (χ0) is 30.9. The number of fused-ring (bicyclic) bond motifs is 1. The first-order chi connectivity index (χ1) is 19.0. The molecule has 16 heteroatoms. The van der Waals surface area contributed by atoms with Crippen molar-refractivity contribution in [1.29, 1.82) is 0 Å². The van der Waals surface area contributed by atoms with Gasteiger partial charge in [-0.05, 0) is 37.7 Å². The maximum Gasteiger partial charge on any atom is 0.349 e. The lowest BCUT2D eigenvalue weighted by Crippen LogP contribution is -2.46. The largest absolute Gasteiger partial charge is 0.468 e. The number of aliphatic hydroxyl groups excluding tert-OH is 1. The van der Waals surface area contributed by atoms with Gasteiger partial charge in [0.25, 0.3) is 0 Å². The molecule has 15 nitrogen and oxygen atoms in total. The number of aromatic nitrogens is 2. The van der Waals surface area contributed by atoms with E-state index in [0.29, 0.717) is 0 Å². The number of ether oxygens (including phenoxy) is 3. The van der Waals surface area contributed by atoms with E-state index in [1.54, 1.807) is 0 Å². The lowest BCUT2D eigenvalue weighted by atomic mass is 10.1. The summed E-state index contributed by atoms with van der Waals surface area (Å²) in [6.45, 7) is 8.46.